The molecule has 0 amide bonds. The first-order chi connectivity index (χ1) is 12.5. The summed E-state index contributed by atoms with van der Waals surface area (Å²) in [6.07, 6.45) is 2.17. The molecule has 1 unspecified atom stereocenters. The van der Waals surface area contributed by atoms with Crippen LogP contribution in [0.1, 0.15) is 17.5 Å². The molecule has 1 fully saturated rings. The molecule has 0 bridgehead atoms. The van der Waals surface area contributed by atoms with E-state index in [1.54, 1.807) is 30.3 Å². The second kappa shape index (κ2) is 7.74. The molecule has 5 nitrogen and oxygen atoms in total. The van der Waals surface area contributed by atoms with Gasteiger partial charge in [-0.05, 0) is 24.6 Å². The summed E-state index contributed by atoms with van der Waals surface area (Å²) < 4.78 is 35.1. The molecule has 26 heavy (non-hydrogen) atoms. The van der Waals surface area contributed by atoms with Gasteiger partial charge in [0.25, 0.3) is 10.0 Å². The van der Waals surface area contributed by atoms with Gasteiger partial charge in [0.1, 0.15) is 6.10 Å². The summed E-state index contributed by atoms with van der Waals surface area (Å²) in [5.74, 6) is 0. The van der Waals surface area contributed by atoms with Crippen molar-refractivity contribution in [2.24, 2.45) is 4.40 Å². The second-order valence-electron chi connectivity index (χ2n) is 6.25. The van der Waals surface area contributed by atoms with Gasteiger partial charge in [-0.2, -0.15) is 8.42 Å². The lowest BCUT2D eigenvalue weighted by Crippen LogP contribution is -2.42. The number of sulfonamides is 1. The SMILES string of the molecule is C=CC1CCN(Cc2ccccc2)/C(=N/S(=O)(=O)c2ccc(C)cc2)O1. The van der Waals surface area contributed by atoms with Crippen molar-refractivity contribution < 1.29 is 13.2 Å². The van der Waals surface area contributed by atoms with Crippen molar-refractivity contribution in [2.45, 2.75) is 30.9 Å². The Morgan fingerprint density at radius 3 is 2.54 bits per heavy atom. The fourth-order valence-electron chi connectivity index (χ4n) is 2.71. The molecule has 1 aliphatic rings. The molecule has 0 saturated carbocycles. The highest BCUT2D eigenvalue weighted by Gasteiger charge is 2.27. The maximum Gasteiger partial charge on any atom is 0.304 e. The summed E-state index contributed by atoms with van der Waals surface area (Å²) >= 11 is 0. The summed E-state index contributed by atoms with van der Waals surface area (Å²) in [6, 6.07) is 16.6. The van der Waals surface area contributed by atoms with Gasteiger partial charge in [-0.15, -0.1) is 4.40 Å². The monoisotopic (exact) mass is 370 g/mol. The second-order valence-corrected chi connectivity index (χ2v) is 7.85. The van der Waals surface area contributed by atoms with E-state index in [-0.39, 0.29) is 17.0 Å². The van der Waals surface area contributed by atoms with Crippen molar-refractivity contribution in [3.8, 4) is 0 Å². The number of ether oxygens (including phenoxy) is 1. The van der Waals surface area contributed by atoms with Crippen LogP contribution >= 0.6 is 0 Å². The van der Waals surface area contributed by atoms with E-state index in [4.69, 9.17) is 4.74 Å². The molecule has 1 aliphatic heterocycles. The van der Waals surface area contributed by atoms with Crippen LogP contribution in [0, 0.1) is 6.92 Å². The van der Waals surface area contributed by atoms with E-state index in [0.717, 1.165) is 17.5 Å². The molecule has 1 heterocycles. The number of aryl methyl sites for hydroxylation is 1. The summed E-state index contributed by atoms with van der Waals surface area (Å²) in [6.45, 7) is 6.83. The first-order valence-corrected chi connectivity index (χ1v) is 9.92. The van der Waals surface area contributed by atoms with Crippen LogP contribution in [0.3, 0.4) is 0 Å². The van der Waals surface area contributed by atoms with Crippen LogP contribution in [0.15, 0.2) is 76.5 Å². The molecule has 1 saturated heterocycles. The average Bonchev–Trinajstić information content (AvgIpc) is 2.64. The standard InChI is InChI=1S/C20H22N2O3S/c1-3-18-13-14-22(15-17-7-5-4-6-8-17)20(25-18)21-26(23,24)19-11-9-16(2)10-12-19/h3-12,18H,1,13-15H2,2H3/b21-20-. The van der Waals surface area contributed by atoms with Crippen LogP contribution in [0.25, 0.3) is 0 Å². The quantitative estimate of drug-likeness (QED) is 0.756. The Labute approximate surface area is 154 Å². The number of nitrogens with zero attached hydrogens (tertiary/aromatic N) is 2. The van der Waals surface area contributed by atoms with Gasteiger partial charge in [0.05, 0.1) is 4.90 Å². The van der Waals surface area contributed by atoms with E-state index in [2.05, 4.69) is 11.0 Å². The lowest BCUT2D eigenvalue weighted by Gasteiger charge is -2.33. The van der Waals surface area contributed by atoms with E-state index < -0.39 is 10.0 Å². The summed E-state index contributed by atoms with van der Waals surface area (Å²) in [7, 11) is -3.85. The first-order valence-electron chi connectivity index (χ1n) is 8.47. The van der Waals surface area contributed by atoms with E-state index >= 15 is 0 Å². The van der Waals surface area contributed by atoms with Gasteiger partial charge in [0, 0.05) is 19.5 Å². The first kappa shape index (κ1) is 18.2. The highest BCUT2D eigenvalue weighted by molar-refractivity contribution is 7.90. The number of benzene rings is 2. The summed E-state index contributed by atoms with van der Waals surface area (Å²) in [4.78, 5) is 2.00. The normalized spacial score (nSPS) is 19.2. The highest BCUT2D eigenvalue weighted by Crippen LogP contribution is 2.20. The van der Waals surface area contributed by atoms with Crippen LogP contribution in [-0.4, -0.2) is 32.0 Å². The number of hydrogen-bond acceptors (Lipinski definition) is 3. The van der Waals surface area contributed by atoms with Gasteiger partial charge in [-0.3, -0.25) is 0 Å². The third-order valence-corrected chi connectivity index (χ3v) is 5.47. The maximum atomic E-state index is 12.7. The topological polar surface area (TPSA) is 59.0 Å². The molecule has 0 radical (unpaired) electrons. The van der Waals surface area contributed by atoms with E-state index in [1.807, 2.05) is 42.2 Å². The van der Waals surface area contributed by atoms with Gasteiger partial charge in [-0.25, -0.2) is 0 Å². The van der Waals surface area contributed by atoms with Crippen LogP contribution in [0.4, 0.5) is 0 Å². The lowest BCUT2D eigenvalue weighted by molar-refractivity contribution is 0.123. The van der Waals surface area contributed by atoms with E-state index in [1.165, 1.54) is 0 Å². The van der Waals surface area contributed by atoms with Crippen molar-refractivity contribution in [3.05, 3.63) is 78.4 Å². The fourth-order valence-corrected chi connectivity index (χ4v) is 3.66. The van der Waals surface area contributed by atoms with Crippen molar-refractivity contribution >= 4 is 16.0 Å². The summed E-state index contributed by atoms with van der Waals surface area (Å²) in [5, 5.41) is 0. The van der Waals surface area contributed by atoms with E-state index in [9.17, 15) is 8.42 Å². The van der Waals surface area contributed by atoms with Crippen LogP contribution in [0.5, 0.6) is 0 Å². The Balaban J connectivity index is 1.91. The predicted molar refractivity (Wildman–Crippen MR) is 102 cm³/mol. The third kappa shape index (κ3) is 4.32. The Hall–Kier alpha value is -2.60. The number of rotatable bonds is 5. The zero-order valence-electron chi connectivity index (χ0n) is 14.7. The van der Waals surface area contributed by atoms with E-state index in [0.29, 0.717) is 13.1 Å². The molecule has 0 spiro atoms. The Bertz CT molecular complexity index is 890. The Morgan fingerprint density at radius 2 is 1.88 bits per heavy atom. The van der Waals surface area contributed by atoms with Crippen LogP contribution < -0.4 is 0 Å². The molecular formula is C20H22N2O3S. The van der Waals surface area contributed by atoms with Gasteiger partial charge in [-0.1, -0.05) is 60.7 Å². The zero-order chi connectivity index (χ0) is 18.6. The van der Waals surface area contributed by atoms with Crippen molar-refractivity contribution in [1.82, 2.24) is 4.90 Å². The minimum absolute atomic E-state index is 0.116. The minimum atomic E-state index is -3.85. The van der Waals surface area contributed by atoms with Crippen molar-refractivity contribution in [1.29, 1.82) is 0 Å². The minimum Gasteiger partial charge on any atom is -0.457 e. The lowest BCUT2D eigenvalue weighted by atomic mass is 10.1. The predicted octanol–water partition coefficient (Wildman–Crippen LogP) is 3.52. The Kier molecular flexibility index (Phi) is 5.42. The molecule has 136 valence electrons. The van der Waals surface area contributed by atoms with Gasteiger partial charge in [0.2, 0.25) is 0 Å². The molecule has 0 aromatic heterocycles. The zero-order valence-corrected chi connectivity index (χ0v) is 15.5. The van der Waals surface area contributed by atoms with Crippen LogP contribution in [-0.2, 0) is 21.3 Å². The smallest absolute Gasteiger partial charge is 0.304 e. The number of amidine groups is 1. The van der Waals surface area contributed by atoms with Gasteiger partial charge in [0.15, 0.2) is 0 Å². The Morgan fingerprint density at radius 1 is 1.19 bits per heavy atom. The fraction of sp³-hybridized carbons (Fsp3) is 0.250. The molecule has 0 aliphatic carbocycles. The molecular weight excluding hydrogens is 348 g/mol. The van der Waals surface area contributed by atoms with Gasteiger partial charge < -0.3 is 9.64 Å². The molecule has 6 heteroatoms. The number of hydrogen-bond donors (Lipinski definition) is 0. The molecule has 2 aromatic carbocycles. The van der Waals surface area contributed by atoms with Gasteiger partial charge >= 0.3 is 6.02 Å². The maximum absolute atomic E-state index is 12.7. The largest absolute Gasteiger partial charge is 0.457 e. The summed E-state index contributed by atoms with van der Waals surface area (Å²) in [5.41, 5.74) is 2.05. The average molecular weight is 370 g/mol. The molecule has 0 N–H and O–H groups in total. The third-order valence-electron chi connectivity index (χ3n) is 4.21. The van der Waals surface area contributed by atoms with Crippen molar-refractivity contribution in [3.63, 3.8) is 0 Å². The van der Waals surface area contributed by atoms with Crippen molar-refractivity contribution in [2.75, 3.05) is 6.54 Å². The molecule has 2 aromatic rings. The highest BCUT2D eigenvalue weighted by atomic mass is 32.2. The van der Waals surface area contributed by atoms with Crippen LogP contribution in [0.2, 0.25) is 0 Å². The molecule has 1 atom stereocenters. The molecule has 3 rings (SSSR count).